The topological polar surface area (TPSA) is 52.3 Å². The normalized spacial score (nSPS) is 12.9. The molecule has 0 spiro atoms. The maximum atomic E-state index is 11.3. The molecule has 18 heavy (non-hydrogen) atoms. The second kappa shape index (κ2) is 6.97. The van der Waals surface area contributed by atoms with Crippen LogP contribution in [-0.4, -0.2) is 19.1 Å². The van der Waals surface area contributed by atoms with Crippen molar-refractivity contribution in [2.24, 2.45) is 11.7 Å². The van der Waals surface area contributed by atoms with Crippen LogP contribution in [0.3, 0.4) is 0 Å². The molecule has 0 bridgehead atoms. The molecule has 0 saturated heterocycles. The predicted octanol–water partition coefficient (Wildman–Crippen LogP) is 2.86. The Morgan fingerprint density at radius 1 is 1.33 bits per heavy atom. The molecule has 0 saturated carbocycles. The first-order valence-corrected chi connectivity index (χ1v) is 6.15. The average Bonchev–Trinajstić information content (AvgIpc) is 2.35. The van der Waals surface area contributed by atoms with Crippen molar-refractivity contribution >= 4 is 12.0 Å². The summed E-state index contributed by atoms with van der Waals surface area (Å²) in [6, 6.07) is 7.33. The second-order valence-electron chi connectivity index (χ2n) is 4.77. The zero-order chi connectivity index (χ0) is 13.5. The molecule has 0 fully saturated rings. The summed E-state index contributed by atoms with van der Waals surface area (Å²) in [4.78, 5) is 11.3. The van der Waals surface area contributed by atoms with Crippen LogP contribution >= 0.6 is 0 Å². The zero-order valence-corrected chi connectivity index (χ0v) is 11.2. The molecule has 0 aliphatic carbocycles. The lowest BCUT2D eigenvalue weighted by Crippen LogP contribution is -2.18. The Kier molecular flexibility index (Phi) is 5.59. The third-order valence-corrected chi connectivity index (χ3v) is 2.61. The van der Waals surface area contributed by atoms with Gasteiger partial charge in [-0.1, -0.05) is 38.1 Å². The van der Waals surface area contributed by atoms with Gasteiger partial charge in [-0.25, -0.2) is 4.79 Å². The van der Waals surface area contributed by atoms with Crippen LogP contribution in [0.5, 0.6) is 0 Å². The first kappa shape index (κ1) is 14.5. The molecular weight excluding hydrogens is 226 g/mol. The quantitative estimate of drug-likeness (QED) is 0.814. The molecule has 1 aromatic carbocycles. The summed E-state index contributed by atoms with van der Waals surface area (Å²) in [5.41, 5.74) is 7.55. The van der Waals surface area contributed by atoms with Gasteiger partial charge in [0.2, 0.25) is 0 Å². The lowest BCUT2D eigenvalue weighted by Gasteiger charge is -2.08. The van der Waals surface area contributed by atoms with Gasteiger partial charge in [0.25, 0.3) is 0 Å². The van der Waals surface area contributed by atoms with E-state index in [0.29, 0.717) is 11.5 Å². The third-order valence-electron chi connectivity index (χ3n) is 2.61. The van der Waals surface area contributed by atoms with Crippen LogP contribution in [0, 0.1) is 5.92 Å². The summed E-state index contributed by atoms with van der Waals surface area (Å²) < 4.78 is 4.64. The van der Waals surface area contributed by atoms with Crippen molar-refractivity contribution in [3.63, 3.8) is 0 Å². The van der Waals surface area contributed by atoms with Crippen LogP contribution in [0.4, 0.5) is 0 Å². The van der Waals surface area contributed by atoms with Gasteiger partial charge < -0.3 is 10.5 Å². The van der Waals surface area contributed by atoms with Crippen LogP contribution in [0.15, 0.2) is 30.3 Å². The van der Waals surface area contributed by atoms with Crippen molar-refractivity contribution in [2.75, 3.05) is 7.11 Å². The van der Waals surface area contributed by atoms with E-state index in [1.807, 2.05) is 24.3 Å². The van der Waals surface area contributed by atoms with Gasteiger partial charge in [0.15, 0.2) is 0 Å². The van der Waals surface area contributed by atoms with E-state index < -0.39 is 0 Å². The summed E-state index contributed by atoms with van der Waals surface area (Å²) in [6.07, 6.45) is 4.94. The summed E-state index contributed by atoms with van der Waals surface area (Å²) >= 11 is 0. The molecule has 0 aliphatic rings. The number of hydrogen-bond acceptors (Lipinski definition) is 3. The molecule has 0 aromatic heterocycles. The molecule has 98 valence electrons. The maximum Gasteiger partial charge on any atom is 0.337 e. The molecule has 0 aliphatic heterocycles. The van der Waals surface area contributed by atoms with E-state index in [-0.39, 0.29) is 12.0 Å². The Hall–Kier alpha value is -1.61. The first-order chi connectivity index (χ1) is 8.52. The van der Waals surface area contributed by atoms with Crippen molar-refractivity contribution in [3.05, 3.63) is 41.5 Å². The molecule has 0 heterocycles. The molecule has 1 atom stereocenters. The predicted molar refractivity (Wildman–Crippen MR) is 74.2 cm³/mol. The van der Waals surface area contributed by atoms with Crippen LogP contribution in [0.2, 0.25) is 0 Å². The maximum absolute atomic E-state index is 11.3. The number of methoxy groups -OCH3 is 1. The number of rotatable bonds is 5. The standard InChI is InChI=1S/C15H21NO2/c1-11(2)10-14(16)9-6-12-4-7-13(8-5-12)15(17)18-3/h4-9,11,14H,10,16H2,1-3H3/b9-6+/t14-/m1/s1. The van der Waals surface area contributed by atoms with Crippen molar-refractivity contribution < 1.29 is 9.53 Å². The molecule has 0 radical (unpaired) electrons. The van der Waals surface area contributed by atoms with E-state index in [0.717, 1.165) is 12.0 Å². The number of carbonyl (C=O) groups excluding carboxylic acids is 1. The number of nitrogens with two attached hydrogens (primary N) is 1. The van der Waals surface area contributed by atoms with Crippen molar-refractivity contribution in [1.82, 2.24) is 0 Å². The fraction of sp³-hybridized carbons (Fsp3) is 0.400. The van der Waals surface area contributed by atoms with Gasteiger partial charge in [-0.2, -0.15) is 0 Å². The van der Waals surface area contributed by atoms with E-state index in [1.54, 1.807) is 12.1 Å². The number of carbonyl (C=O) groups is 1. The van der Waals surface area contributed by atoms with E-state index >= 15 is 0 Å². The minimum absolute atomic E-state index is 0.0743. The first-order valence-electron chi connectivity index (χ1n) is 6.15. The molecule has 1 rings (SSSR count). The highest BCUT2D eigenvalue weighted by atomic mass is 16.5. The molecule has 0 amide bonds. The Balaban J connectivity index is 2.63. The Morgan fingerprint density at radius 2 is 1.94 bits per heavy atom. The van der Waals surface area contributed by atoms with E-state index in [9.17, 15) is 4.79 Å². The molecule has 0 unspecified atom stereocenters. The van der Waals surface area contributed by atoms with Gasteiger partial charge >= 0.3 is 5.97 Å². The SMILES string of the molecule is COC(=O)c1ccc(/C=C/[C@@H](N)CC(C)C)cc1. The number of esters is 1. The smallest absolute Gasteiger partial charge is 0.337 e. The van der Waals surface area contributed by atoms with Crippen molar-refractivity contribution in [2.45, 2.75) is 26.3 Å². The van der Waals surface area contributed by atoms with E-state index in [4.69, 9.17) is 5.73 Å². The van der Waals surface area contributed by atoms with Gasteiger partial charge in [-0.3, -0.25) is 0 Å². The number of benzene rings is 1. The third kappa shape index (κ3) is 4.72. The van der Waals surface area contributed by atoms with Gasteiger partial charge in [0.1, 0.15) is 0 Å². The van der Waals surface area contributed by atoms with Crippen LogP contribution in [0.25, 0.3) is 6.08 Å². The largest absolute Gasteiger partial charge is 0.465 e. The van der Waals surface area contributed by atoms with Crippen molar-refractivity contribution in [3.8, 4) is 0 Å². The minimum atomic E-state index is -0.318. The lowest BCUT2D eigenvalue weighted by atomic mass is 10.0. The molecular formula is C15H21NO2. The highest BCUT2D eigenvalue weighted by Crippen LogP contribution is 2.09. The highest BCUT2D eigenvalue weighted by molar-refractivity contribution is 5.89. The van der Waals surface area contributed by atoms with Crippen LogP contribution < -0.4 is 5.73 Å². The summed E-state index contributed by atoms with van der Waals surface area (Å²) in [5.74, 6) is 0.272. The minimum Gasteiger partial charge on any atom is -0.465 e. The summed E-state index contributed by atoms with van der Waals surface area (Å²) in [7, 11) is 1.38. The average molecular weight is 247 g/mol. The molecule has 2 N–H and O–H groups in total. The second-order valence-corrected chi connectivity index (χ2v) is 4.77. The van der Waals surface area contributed by atoms with Gasteiger partial charge in [0.05, 0.1) is 12.7 Å². The van der Waals surface area contributed by atoms with Crippen LogP contribution in [-0.2, 0) is 4.74 Å². The Morgan fingerprint density at radius 3 is 2.44 bits per heavy atom. The van der Waals surface area contributed by atoms with Crippen molar-refractivity contribution in [1.29, 1.82) is 0 Å². The number of ether oxygens (including phenoxy) is 1. The zero-order valence-electron chi connectivity index (χ0n) is 11.2. The lowest BCUT2D eigenvalue weighted by molar-refractivity contribution is 0.0601. The summed E-state index contributed by atoms with van der Waals surface area (Å²) in [6.45, 7) is 4.30. The van der Waals surface area contributed by atoms with E-state index in [1.165, 1.54) is 7.11 Å². The molecule has 3 heteroatoms. The fourth-order valence-corrected chi connectivity index (χ4v) is 1.71. The monoisotopic (exact) mass is 247 g/mol. The molecule has 3 nitrogen and oxygen atoms in total. The molecule has 1 aromatic rings. The van der Waals surface area contributed by atoms with E-state index in [2.05, 4.69) is 18.6 Å². The Bertz CT molecular complexity index is 407. The highest BCUT2D eigenvalue weighted by Gasteiger charge is 2.04. The Labute approximate surface area is 109 Å². The van der Waals surface area contributed by atoms with Gasteiger partial charge in [-0.15, -0.1) is 0 Å². The number of hydrogen-bond donors (Lipinski definition) is 1. The fourth-order valence-electron chi connectivity index (χ4n) is 1.71. The van der Waals surface area contributed by atoms with Crippen LogP contribution in [0.1, 0.15) is 36.2 Å². The summed E-state index contributed by atoms with van der Waals surface area (Å²) in [5, 5.41) is 0. The van der Waals surface area contributed by atoms with Gasteiger partial charge in [-0.05, 0) is 30.0 Å². The van der Waals surface area contributed by atoms with Gasteiger partial charge in [0, 0.05) is 6.04 Å².